The molecule has 0 radical (unpaired) electrons. The van der Waals surface area contributed by atoms with Crippen LogP contribution in [0.4, 0.5) is 20.3 Å². The number of nitrogens with zero attached hydrogens (tertiary/aromatic N) is 4. The first kappa shape index (κ1) is 16.1. The monoisotopic (exact) mass is 348 g/mol. The first-order valence-corrected chi connectivity index (χ1v) is 8.03. The summed E-state index contributed by atoms with van der Waals surface area (Å²) in [6.45, 7) is 1.94. The highest BCUT2D eigenvalue weighted by Gasteiger charge is 2.15. The van der Waals surface area contributed by atoms with E-state index in [-0.39, 0.29) is 11.5 Å². The number of pyridine rings is 1. The van der Waals surface area contributed by atoms with E-state index in [9.17, 15) is 8.78 Å². The van der Waals surface area contributed by atoms with Crippen LogP contribution in [0.5, 0.6) is 0 Å². The van der Waals surface area contributed by atoms with Crippen molar-refractivity contribution in [3.05, 3.63) is 84.1 Å². The number of fused-ring (bicyclic) bond motifs is 1. The summed E-state index contributed by atoms with van der Waals surface area (Å²) in [7, 11) is 0. The van der Waals surface area contributed by atoms with Gasteiger partial charge >= 0.3 is 0 Å². The van der Waals surface area contributed by atoms with Crippen LogP contribution in [0.15, 0.2) is 77.1 Å². The van der Waals surface area contributed by atoms with Gasteiger partial charge in [-0.05, 0) is 55.0 Å². The second-order valence-electron chi connectivity index (χ2n) is 5.83. The largest absolute Gasteiger partial charge is 0.282 e. The highest BCUT2D eigenvalue weighted by molar-refractivity contribution is 5.75. The molecule has 6 heteroatoms. The van der Waals surface area contributed by atoms with Crippen LogP contribution < -0.4 is 0 Å². The topological polar surface area (TPSA) is 42.0 Å². The smallest absolute Gasteiger partial charge is 0.187 e. The predicted molar refractivity (Wildman–Crippen MR) is 95.9 cm³/mol. The summed E-state index contributed by atoms with van der Waals surface area (Å²) < 4.78 is 28.9. The van der Waals surface area contributed by atoms with Crippen molar-refractivity contribution in [3.63, 3.8) is 0 Å². The third-order valence-electron chi connectivity index (χ3n) is 4.04. The number of halogens is 2. The molecule has 0 spiro atoms. The third-order valence-corrected chi connectivity index (χ3v) is 4.04. The van der Waals surface area contributed by atoms with Gasteiger partial charge in [-0.15, -0.1) is 10.2 Å². The van der Waals surface area contributed by atoms with E-state index in [0.717, 1.165) is 5.56 Å². The highest BCUT2D eigenvalue weighted by Crippen LogP contribution is 2.33. The van der Waals surface area contributed by atoms with Gasteiger partial charge in [0.15, 0.2) is 11.6 Å². The van der Waals surface area contributed by atoms with Crippen LogP contribution in [-0.2, 0) is 0 Å². The molecule has 0 atom stereocenters. The lowest BCUT2D eigenvalue weighted by Crippen LogP contribution is -1.85. The molecule has 2 aromatic heterocycles. The zero-order valence-electron chi connectivity index (χ0n) is 13.9. The van der Waals surface area contributed by atoms with E-state index in [1.807, 2.05) is 25.3 Å². The van der Waals surface area contributed by atoms with Gasteiger partial charge in [0, 0.05) is 11.8 Å². The zero-order chi connectivity index (χ0) is 18.1. The van der Waals surface area contributed by atoms with Crippen molar-refractivity contribution in [2.24, 2.45) is 10.2 Å². The molecule has 0 bridgehead atoms. The molecular weight excluding hydrogens is 334 g/mol. The van der Waals surface area contributed by atoms with E-state index >= 15 is 0 Å². The number of benzene rings is 2. The predicted octanol–water partition coefficient (Wildman–Crippen LogP) is 6.00. The molecule has 26 heavy (non-hydrogen) atoms. The van der Waals surface area contributed by atoms with Crippen LogP contribution >= 0.6 is 0 Å². The highest BCUT2D eigenvalue weighted by atomic mass is 19.1. The zero-order valence-corrected chi connectivity index (χ0v) is 13.9. The second kappa shape index (κ2) is 6.48. The van der Waals surface area contributed by atoms with Crippen molar-refractivity contribution in [1.82, 2.24) is 9.38 Å². The summed E-state index contributed by atoms with van der Waals surface area (Å²) in [5.41, 5.74) is 3.08. The molecule has 4 rings (SSSR count). The molecule has 4 aromatic rings. The van der Waals surface area contributed by atoms with Gasteiger partial charge in [0.25, 0.3) is 0 Å². The molecule has 0 unspecified atom stereocenters. The minimum atomic E-state index is -0.454. The van der Waals surface area contributed by atoms with Crippen molar-refractivity contribution >= 4 is 17.2 Å². The lowest BCUT2D eigenvalue weighted by Gasteiger charge is -2.00. The molecule has 0 N–H and O–H groups in total. The SMILES string of the molecule is Cc1cccn2c(N=Nc3ccccc3F)c(-c3ccc(F)cc3)nc12. The Balaban J connectivity index is 1.91. The molecule has 0 saturated carbocycles. The van der Waals surface area contributed by atoms with E-state index in [1.165, 1.54) is 18.2 Å². The summed E-state index contributed by atoms with van der Waals surface area (Å²) in [5, 5.41) is 8.30. The van der Waals surface area contributed by atoms with Gasteiger partial charge in [-0.1, -0.05) is 18.2 Å². The van der Waals surface area contributed by atoms with E-state index in [2.05, 4.69) is 15.2 Å². The van der Waals surface area contributed by atoms with E-state index in [0.29, 0.717) is 22.7 Å². The third kappa shape index (κ3) is 2.86. The van der Waals surface area contributed by atoms with Gasteiger partial charge in [0.05, 0.1) is 0 Å². The minimum absolute atomic E-state index is 0.139. The Labute approximate surface area is 148 Å². The van der Waals surface area contributed by atoms with Gasteiger partial charge in [-0.2, -0.15) is 0 Å². The molecule has 2 heterocycles. The Morgan fingerprint density at radius 1 is 0.885 bits per heavy atom. The Bertz CT molecular complexity index is 1110. The first-order valence-electron chi connectivity index (χ1n) is 8.03. The minimum Gasteiger partial charge on any atom is -0.282 e. The molecule has 0 aliphatic heterocycles. The average Bonchev–Trinajstić information content (AvgIpc) is 3.02. The van der Waals surface area contributed by atoms with E-state index in [1.54, 1.807) is 34.7 Å². The van der Waals surface area contributed by atoms with Crippen LogP contribution in [0.1, 0.15) is 5.56 Å². The number of aromatic nitrogens is 2. The van der Waals surface area contributed by atoms with Crippen LogP contribution in [0.2, 0.25) is 0 Å². The summed E-state index contributed by atoms with van der Waals surface area (Å²) in [5.74, 6) is -0.327. The Kier molecular flexibility index (Phi) is 4.01. The molecular formula is C20H14F2N4. The molecule has 0 amide bonds. The van der Waals surface area contributed by atoms with Crippen molar-refractivity contribution < 1.29 is 8.78 Å². The number of rotatable bonds is 3. The van der Waals surface area contributed by atoms with E-state index < -0.39 is 5.82 Å². The fraction of sp³-hybridized carbons (Fsp3) is 0.0500. The number of azo groups is 1. The maximum Gasteiger partial charge on any atom is 0.187 e. The molecule has 0 aliphatic carbocycles. The quantitative estimate of drug-likeness (QED) is 0.418. The lowest BCUT2D eigenvalue weighted by atomic mass is 10.1. The Morgan fingerprint density at radius 2 is 1.65 bits per heavy atom. The number of hydrogen-bond acceptors (Lipinski definition) is 3. The normalized spacial score (nSPS) is 11.5. The fourth-order valence-electron chi connectivity index (χ4n) is 2.72. The van der Waals surface area contributed by atoms with Crippen LogP contribution in [0.25, 0.3) is 16.9 Å². The summed E-state index contributed by atoms with van der Waals surface area (Å²) in [6.07, 6.45) is 1.82. The maximum absolute atomic E-state index is 13.8. The molecule has 0 aliphatic rings. The number of aryl methyl sites for hydroxylation is 1. The molecule has 2 aromatic carbocycles. The van der Waals surface area contributed by atoms with Crippen LogP contribution in [0.3, 0.4) is 0 Å². The lowest BCUT2D eigenvalue weighted by molar-refractivity contribution is 0.627. The standard InChI is InChI=1S/C20H14F2N4/c1-13-5-4-12-26-19(13)23-18(14-8-10-15(21)11-9-14)20(26)25-24-17-7-3-2-6-16(17)22/h2-12H,1H3. The van der Waals surface area contributed by atoms with Crippen molar-refractivity contribution in [3.8, 4) is 11.3 Å². The maximum atomic E-state index is 13.8. The number of hydrogen-bond donors (Lipinski definition) is 0. The molecule has 0 fully saturated rings. The van der Waals surface area contributed by atoms with Gasteiger partial charge < -0.3 is 0 Å². The van der Waals surface area contributed by atoms with Gasteiger partial charge in [-0.25, -0.2) is 13.8 Å². The van der Waals surface area contributed by atoms with Gasteiger partial charge in [0.1, 0.15) is 22.8 Å². The Hall–Kier alpha value is -3.41. The van der Waals surface area contributed by atoms with Crippen LogP contribution in [0, 0.1) is 18.6 Å². The summed E-state index contributed by atoms with van der Waals surface area (Å²) >= 11 is 0. The molecule has 0 saturated heterocycles. The van der Waals surface area contributed by atoms with Crippen molar-refractivity contribution in [2.75, 3.05) is 0 Å². The molecule has 4 nitrogen and oxygen atoms in total. The van der Waals surface area contributed by atoms with Crippen LogP contribution in [-0.4, -0.2) is 9.38 Å². The van der Waals surface area contributed by atoms with Crippen molar-refractivity contribution in [2.45, 2.75) is 6.92 Å². The van der Waals surface area contributed by atoms with E-state index in [4.69, 9.17) is 0 Å². The van der Waals surface area contributed by atoms with Gasteiger partial charge in [0.2, 0.25) is 0 Å². The molecule has 128 valence electrons. The van der Waals surface area contributed by atoms with Gasteiger partial charge in [-0.3, -0.25) is 4.40 Å². The average molecular weight is 348 g/mol. The first-order chi connectivity index (χ1) is 12.6. The second-order valence-corrected chi connectivity index (χ2v) is 5.83. The fourth-order valence-corrected chi connectivity index (χ4v) is 2.72. The van der Waals surface area contributed by atoms with Crippen molar-refractivity contribution in [1.29, 1.82) is 0 Å². The summed E-state index contributed by atoms with van der Waals surface area (Å²) in [4.78, 5) is 4.64. The number of imidazole rings is 1. The Morgan fingerprint density at radius 3 is 2.42 bits per heavy atom. The summed E-state index contributed by atoms with van der Waals surface area (Å²) in [6, 6.07) is 16.0.